The number of amides is 1. The maximum absolute atomic E-state index is 13.0. The molecule has 0 fully saturated rings. The van der Waals surface area contributed by atoms with Crippen molar-refractivity contribution in [1.82, 2.24) is 10.3 Å². The smallest absolute Gasteiger partial charge is 0.267 e. The summed E-state index contributed by atoms with van der Waals surface area (Å²) in [4.78, 5) is 21.7. The zero-order valence-corrected chi connectivity index (χ0v) is 12.6. The largest absolute Gasteiger partial charge is 0.379 e. The summed E-state index contributed by atoms with van der Waals surface area (Å²) >= 11 is 0. The number of pyridine rings is 1. The highest BCUT2D eigenvalue weighted by molar-refractivity contribution is 6.05. The van der Waals surface area contributed by atoms with E-state index in [2.05, 4.69) is 15.5 Å². The molecule has 3 rings (SSSR count). The number of hydrogen-bond donors (Lipinski definition) is 1. The van der Waals surface area contributed by atoms with Gasteiger partial charge in [-0.15, -0.1) is 0 Å². The molecule has 1 aliphatic rings. The van der Waals surface area contributed by atoms with Crippen molar-refractivity contribution in [2.45, 2.75) is 25.5 Å². The van der Waals surface area contributed by atoms with Gasteiger partial charge >= 0.3 is 0 Å². The fourth-order valence-electron chi connectivity index (χ4n) is 2.33. The van der Waals surface area contributed by atoms with Crippen molar-refractivity contribution >= 4 is 11.6 Å². The first-order valence-electron chi connectivity index (χ1n) is 7.25. The molecule has 1 N–H and O–H groups in total. The van der Waals surface area contributed by atoms with Gasteiger partial charge in [-0.2, -0.15) is 0 Å². The van der Waals surface area contributed by atoms with Gasteiger partial charge in [0.05, 0.1) is 5.71 Å². The first-order chi connectivity index (χ1) is 11.1. The molecule has 0 aliphatic carbocycles. The number of nitrogens with one attached hydrogen (secondary N) is 1. The molecule has 0 saturated heterocycles. The minimum absolute atomic E-state index is 0.248. The van der Waals surface area contributed by atoms with E-state index in [1.165, 1.54) is 12.1 Å². The Labute approximate surface area is 133 Å². The summed E-state index contributed by atoms with van der Waals surface area (Å²) in [6.45, 7) is 2.06. The first kappa shape index (κ1) is 15.1. The Balaban J connectivity index is 1.62. The Morgan fingerprint density at radius 1 is 1.35 bits per heavy atom. The van der Waals surface area contributed by atoms with Crippen molar-refractivity contribution in [2.75, 3.05) is 0 Å². The van der Waals surface area contributed by atoms with Crippen LogP contribution in [0.15, 0.2) is 53.9 Å². The van der Waals surface area contributed by atoms with Crippen LogP contribution in [0.25, 0.3) is 0 Å². The summed E-state index contributed by atoms with van der Waals surface area (Å²) in [7, 11) is 0. The molecule has 1 aromatic heterocycles. The van der Waals surface area contributed by atoms with Gasteiger partial charge in [-0.1, -0.05) is 23.4 Å². The summed E-state index contributed by atoms with van der Waals surface area (Å²) in [5.74, 6) is -0.563. The Kier molecular flexibility index (Phi) is 4.06. The molecule has 1 unspecified atom stereocenters. The Morgan fingerprint density at radius 2 is 2.13 bits per heavy atom. The minimum Gasteiger partial charge on any atom is -0.379 e. The van der Waals surface area contributed by atoms with E-state index in [4.69, 9.17) is 4.84 Å². The predicted molar refractivity (Wildman–Crippen MR) is 83.1 cm³/mol. The van der Waals surface area contributed by atoms with E-state index in [1.807, 2.05) is 12.1 Å². The molecule has 6 heteroatoms. The van der Waals surface area contributed by atoms with Crippen molar-refractivity contribution in [3.05, 3.63) is 65.7 Å². The third-order valence-corrected chi connectivity index (χ3v) is 3.70. The second-order valence-corrected chi connectivity index (χ2v) is 5.59. The number of halogens is 1. The lowest BCUT2D eigenvalue weighted by atomic mass is 9.95. The molecule has 1 atom stereocenters. The number of hydrogen-bond acceptors (Lipinski definition) is 4. The average molecular weight is 313 g/mol. The van der Waals surface area contributed by atoms with E-state index in [-0.39, 0.29) is 11.7 Å². The number of oxime groups is 1. The van der Waals surface area contributed by atoms with Crippen LogP contribution in [0, 0.1) is 5.82 Å². The highest BCUT2D eigenvalue weighted by Gasteiger charge is 2.42. The number of carbonyl (C=O) groups excluding carboxylic acids is 1. The maximum Gasteiger partial charge on any atom is 0.267 e. The maximum atomic E-state index is 13.0. The lowest BCUT2D eigenvalue weighted by molar-refractivity contribution is -0.141. The van der Waals surface area contributed by atoms with Crippen LogP contribution >= 0.6 is 0 Å². The SMILES string of the molecule is CC1(C(=O)NCc2cccnc2)CC(c2ccc(F)cc2)=NO1. The Morgan fingerprint density at radius 3 is 2.83 bits per heavy atom. The van der Waals surface area contributed by atoms with Crippen molar-refractivity contribution in [1.29, 1.82) is 0 Å². The van der Waals surface area contributed by atoms with Gasteiger partial charge in [-0.25, -0.2) is 4.39 Å². The number of rotatable bonds is 4. The van der Waals surface area contributed by atoms with Gasteiger partial charge in [0.2, 0.25) is 5.60 Å². The third kappa shape index (κ3) is 3.36. The number of nitrogens with zero attached hydrogens (tertiary/aromatic N) is 2. The highest BCUT2D eigenvalue weighted by Crippen LogP contribution is 2.27. The molecular formula is C17H16FN3O2. The molecule has 2 aromatic rings. The van der Waals surface area contributed by atoms with Gasteiger partial charge in [-0.3, -0.25) is 9.78 Å². The van der Waals surface area contributed by atoms with Crippen molar-refractivity contribution in [2.24, 2.45) is 5.16 Å². The van der Waals surface area contributed by atoms with E-state index in [0.717, 1.165) is 11.1 Å². The Bertz CT molecular complexity index is 731. The van der Waals surface area contributed by atoms with E-state index in [1.54, 1.807) is 31.5 Å². The van der Waals surface area contributed by atoms with Gasteiger partial charge in [0, 0.05) is 25.4 Å². The van der Waals surface area contributed by atoms with Crippen LogP contribution in [0.4, 0.5) is 4.39 Å². The van der Waals surface area contributed by atoms with E-state index in [9.17, 15) is 9.18 Å². The number of aromatic nitrogens is 1. The van der Waals surface area contributed by atoms with Crippen LogP contribution in [0.1, 0.15) is 24.5 Å². The van der Waals surface area contributed by atoms with Crippen LogP contribution in [0.5, 0.6) is 0 Å². The third-order valence-electron chi connectivity index (χ3n) is 3.70. The Hall–Kier alpha value is -2.76. The van der Waals surface area contributed by atoms with Gasteiger partial charge in [0.25, 0.3) is 5.91 Å². The molecule has 0 spiro atoms. The second kappa shape index (κ2) is 6.16. The molecule has 0 bridgehead atoms. The molecule has 1 aromatic carbocycles. The molecule has 0 radical (unpaired) electrons. The van der Waals surface area contributed by atoms with Gasteiger partial charge < -0.3 is 10.2 Å². The monoisotopic (exact) mass is 313 g/mol. The molecule has 5 nitrogen and oxygen atoms in total. The zero-order chi connectivity index (χ0) is 16.3. The molecule has 118 valence electrons. The molecule has 1 aliphatic heterocycles. The topological polar surface area (TPSA) is 63.6 Å². The van der Waals surface area contributed by atoms with Gasteiger partial charge in [-0.05, 0) is 36.2 Å². The number of carbonyl (C=O) groups is 1. The lowest BCUT2D eigenvalue weighted by Gasteiger charge is -2.20. The zero-order valence-electron chi connectivity index (χ0n) is 12.6. The van der Waals surface area contributed by atoms with Crippen molar-refractivity contribution < 1.29 is 14.0 Å². The van der Waals surface area contributed by atoms with Gasteiger partial charge in [0.15, 0.2) is 0 Å². The van der Waals surface area contributed by atoms with Gasteiger partial charge in [0.1, 0.15) is 5.82 Å². The average Bonchev–Trinajstić information content (AvgIpc) is 2.98. The fourth-order valence-corrected chi connectivity index (χ4v) is 2.33. The standard InChI is InChI=1S/C17H16FN3O2/c1-17(16(22)20-11-12-3-2-8-19-10-12)9-15(21-23-17)13-4-6-14(18)7-5-13/h2-8,10H,9,11H2,1H3,(H,20,22). The summed E-state index contributed by atoms with van der Waals surface area (Å²) in [6.07, 6.45) is 3.70. The lowest BCUT2D eigenvalue weighted by Crippen LogP contribution is -2.44. The van der Waals surface area contributed by atoms with E-state index >= 15 is 0 Å². The van der Waals surface area contributed by atoms with Crippen LogP contribution in [0.3, 0.4) is 0 Å². The molecular weight excluding hydrogens is 297 g/mol. The van der Waals surface area contributed by atoms with Crippen molar-refractivity contribution in [3.63, 3.8) is 0 Å². The van der Waals surface area contributed by atoms with Crippen LogP contribution in [0.2, 0.25) is 0 Å². The second-order valence-electron chi connectivity index (χ2n) is 5.59. The predicted octanol–water partition coefficient (Wildman–Crippen LogP) is 2.42. The summed E-state index contributed by atoms with van der Waals surface area (Å²) < 4.78 is 13.0. The quantitative estimate of drug-likeness (QED) is 0.943. The first-order valence-corrected chi connectivity index (χ1v) is 7.25. The van der Waals surface area contributed by atoms with Crippen LogP contribution in [-0.4, -0.2) is 22.2 Å². The van der Waals surface area contributed by atoms with Crippen molar-refractivity contribution in [3.8, 4) is 0 Å². The number of benzene rings is 1. The fraction of sp³-hybridized carbons (Fsp3) is 0.235. The van der Waals surface area contributed by atoms with E-state index < -0.39 is 5.60 Å². The summed E-state index contributed by atoms with van der Waals surface area (Å²) in [6, 6.07) is 9.65. The normalized spacial score (nSPS) is 19.8. The summed E-state index contributed by atoms with van der Waals surface area (Å²) in [5, 5.41) is 6.81. The molecule has 0 saturated carbocycles. The van der Waals surface area contributed by atoms with Crippen LogP contribution in [-0.2, 0) is 16.2 Å². The molecule has 23 heavy (non-hydrogen) atoms. The molecule has 2 heterocycles. The van der Waals surface area contributed by atoms with Crippen LogP contribution < -0.4 is 5.32 Å². The van der Waals surface area contributed by atoms with E-state index in [0.29, 0.717) is 18.7 Å². The molecule has 1 amide bonds. The summed E-state index contributed by atoms with van der Waals surface area (Å²) in [5.41, 5.74) is 1.22. The minimum atomic E-state index is -1.06. The highest BCUT2D eigenvalue weighted by atomic mass is 19.1.